The number of hydrogen-bond acceptors (Lipinski definition) is 0. The Hall–Kier alpha value is -0.850. The first-order valence-electron chi connectivity index (χ1n) is 4.09. The molecular formula is C10H11F. The van der Waals surface area contributed by atoms with E-state index >= 15 is 0 Å². The summed E-state index contributed by atoms with van der Waals surface area (Å²) in [4.78, 5) is 0. The number of hydrogen-bond donors (Lipinski definition) is 0. The van der Waals surface area contributed by atoms with Crippen LogP contribution < -0.4 is 0 Å². The van der Waals surface area contributed by atoms with Gasteiger partial charge in [-0.2, -0.15) is 0 Å². The Morgan fingerprint density at radius 2 is 2.27 bits per heavy atom. The van der Waals surface area contributed by atoms with Crippen molar-refractivity contribution >= 4 is 0 Å². The quantitative estimate of drug-likeness (QED) is 0.497. The fourth-order valence-corrected chi connectivity index (χ4v) is 1.72. The summed E-state index contributed by atoms with van der Waals surface area (Å²) in [6.45, 7) is 0. The van der Waals surface area contributed by atoms with Crippen molar-refractivity contribution in [3.05, 3.63) is 35.7 Å². The maximum atomic E-state index is 12.7. The fraction of sp³-hybridized carbons (Fsp3) is 0.400. The van der Waals surface area contributed by atoms with Crippen LogP contribution in [0.1, 0.15) is 19.3 Å². The molecule has 11 heavy (non-hydrogen) atoms. The highest BCUT2D eigenvalue weighted by molar-refractivity contribution is 5.33. The molecule has 0 aromatic heterocycles. The minimum Gasteiger partial charge on any atom is -0.212 e. The lowest BCUT2D eigenvalue weighted by Gasteiger charge is -2.22. The first-order valence-corrected chi connectivity index (χ1v) is 4.09. The number of fused-ring (bicyclic) bond motifs is 1. The Bertz CT molecular complexity index is 246. The molecule has 0 aromatic carbocycles. The van der Waals surface area contributed by atoms with Gasteiger partial charge in [0.2, 0.25) is 0 Å². The largest absolute Gasteiger partial charge is 0.212 e. The van der Waals surface area contributed by atoms with E-state index in [1.807, 2.05) is 6.08 Å². The van der Waals surface area contributed by atoms with E-state index in [0.29, 0.717) is 12.3 Å². The smallest absolute Gasteiger partial charge is 0.101 e. The van der Waals surface area contributed by atoms with Gasteiger partial charge in [0.25, 0.3) is 0 Å². The maximum Gasteiger partial charge on any atom is 0.101 e. The van der Waals surface area contributed by atoms with Crippen LogP contribution in [0.3, 0.4) is 0 Å². The van der Waals surface area contributed by atoms with E-state index in [9.17, 15) is 4.39 Å². The SMILES string of the molecule is FC1=CC=C2C=CCCC2C1. The average Bonchev–Trinajstić information content (AvgIpc) is 2.04. The molecule has 0 bridgehead atoms. The lowest BCUT2D eigenvalue weighted by atomic mass is 9.84. The zero-order chi connectivity index (χ0) is 7.68. The summed E-state index contributed by atoms with van der Waals surface area (Å²) in [6.07, 6.45) is 10.6. The lowest BCUT2D eigenvalue weighted by Crippen LogP contribution is -2.08. The van der Waals surface area contributed by atoms with Crippen LogP contribution in [-0.4, -0.2) is 0 Å². The highest BCUT2D eigenvalue weighted by atomic mass is 19.1. The predicted octanol–water partition coefficient (Wildman–Crippen LogP) is 3.14. The Kier molecular flexibility index (Phi) is 1.65. The highest BCUT2D eigenvalue weighted by Crippen LogP contribution is 2.33. The Morgan fingerprint density at radius 1 is 1.36 bits per heavy atom. The van der Waals surface area contributed by atoms with Gasteiger partial charge in [0, 0.05) is 6.42 Å². The van der Waals surface area contributed by atoms with Crippen molar-refractivity contribution in [2.24, 2.45) is 5.92 Å². The Morgan fingerprint density at radius 3 is 3.18 bits per heavy atom. The summed E-state index contributed by atoms with van der Waals surface area (Å²) in [5.41, 5.74) is 1.30. The summed E-state index contributed by atoms with van der Waals surface area (Å²) in [5.74, 6) is 0.499. The molecule has 0 fully saturated rings. The molecule has 58 valence electrons. The van der Waals surface area contributed by atoms with Crippen LogP contribution in [0.25, 0.3) is 0 Å². The molecule has 0 saturated carbocycles. The molecule has 2 aliphatic rings. The minimum absolute atomic E-state index is 0.0362. The van der Waals surface area contributed by atoms with Gasteiger partial charge in [0.05, 0.1) is 0 Å². The first kappa shape index (κ1) is 6.84. The molecule has 0 radical (unpaired) electrons. The topological polar surface area (TPSA) is 0 Å². The molecule has 1 unspecified atom stereocenters. The summed E-state index contributed by atoms with van der Waals surface area (Å²) in [5, 5.41) is 0. The maximum absolute atomic E-state index is 12.7. The van der Waals surface area contributed by atoms with Crippen LogP contribution in [-0.2, 0) is 0 Å². The van der Waals surface area contributed by atoms with Gasteiger partial charge in [-0.3, -0.25) is 0 Å². The van der Waals surface area contributed by atoms with Crippen molar-refractivity contribution in [1.29, 1.82) is 0 Å². The molecule has 0 spiro atoms. The van der Waals surface area contributed by atoms with Gasteiger partial charge in [-0.15, -0.1) is 0 Å². The van der Waals surface area contributed by atoms with Crippen molar-refractivity contribution in [1.82, 2.24) is 0 Å². The van der Waals surface area contributed by atoms with Crippen molar-refractivity contribution in [3.8, 4) is 0 Å². The van der Waals surface area contributed by atoms with E-state index in [-0.39, 0.29) is 5.83 Å². The molecule has 1 atom stereocenters. The molecule has 2 aliphatic carbocycles. The first-order chi connectivity index (χ1) is 5.36. The monoisotopic (exact) mass is 150 g/mol. The summed E-state index contributed by atoms with van der Waals surface area (Å²) >= 11 is 0. The van der Waals surface area contributed by atoms with Gasteiger partial charge in [-0.1, -0.05) is 18.2 Å². The Balaban J connectivity index is 2.27. The van der Waals surface area contributed by atoms with Crippen molar-refractivity contribution in [2.75, 3.05) is 0 Å². The number of rotatable bonds is 0. The average molecular weight is 150 g/mol. The molecule has 0 amide bonds. The molecule has 0 heterocycles. The van der Waals surface area contributed by atoms with Crippen molar-refractivity contribution in [2.45, 2.75) is 19.3 Å². The Labute approximate surface area is 66.1 Å². The lowest BCUT2D eigenvalue weighted by molar-refractivity contribution is 0.475. The van der Waals surface area contributed by atoms with E-state index < -0.39 is 0 Å². The van der Waals surface area contributed by atoms with Crippen LogP contribution in [0.5, 0.6) is 0 Å². The molecule has 2 rings (SSSR count). The summed E-state index contributed by atoms with van der Waals surface area (Å²) in [6, 6.07) is 0. The second-order valence-corrected chi connectivity index (χ2v) is 3.16. The number of halogens is 1. The van der Waals surface area contributed by atoms with Crippen LogP contribution >= 0.6 is 0 Å². The van der Waals surface area contributed by atoms with Gasteiger partial charge in [0.1, 0.15) is 5.83 Å². The van der Waals surface area contributed by atoms with Crippen LogP contribution in [0, 0.1) is 5.92 Å². The van der Waals surface area contributed by atoms with Gasteiger partial charge < -0.3 is 0 Å². The van der Waals surface area contributed by atoms with Gasteiger partial charge in [0.15, 0.2) is 0 Å². The zero-order valence-electron chi connectivity index (χ0n) is 6.39. The number of allylic oxidation sites excluding steroid dienone is 6. The van der Waals surface area contributed by atoms with Crippen LogP contribution in [0.15, 0.2) is 35.7 Å². The standard InChI is InChI=1S/C10H11F/c11-10-6-5-8-3-1-2-4-9(8)7-10/h1,3,5-6,9H,2,4,7H2. The third-order valence-corrected chi connectivity index (χ3v) is 2.36. The van der Waals surface area contributed by atoms with E-state index in [1.54, 1.807) is 6.08 Å². The normalized spacial score (nSPS) is 29.0. The molecule has 0 aliphatic heterocycles. The van der Waals surface area contributed by atoms with Crippen LogP contribution in [0.2, 0.25) is 0 Å². The van der Waals surface area contributed by atoms with E-state index in [4.69, 9.17) is 0 Å². The van der Waals surface area contributed by atoms with E-state index in [2.05, 4.69) is 12.2 Å². The summed E-state index contributed by atoms with van der Waals surface area (Å²) < 4.78 is 12.7. The summed E-state index contributed by atoms with van der Waals surface area (Å²) in [7, 11) is 0. The highest BCUT2D eigenvalue weighted by Gasteiger charge is 2.18. The van der Waals surface area contributed by atoms with E-state index in [1.165, 1.54) is 5.57 Å². The third-order valence-electron chi connectivity index (χ3n) is 2.36. The molecule has 0 N–H and O–H groups in total. The molecular weight excluding hydrogens is 139 g/mol. The third kappa shape index (κ3) is 1.28. The molecule has 0 nitrogen and oxygen atoms in total. The van der Waals surface area contributed by atoms with Gasteiger partial charge >= 0.3 is 0 Å². The second-order valence-electron chi connectivity index (χ2n) is 3.16. The predicted molar refractivity (Wildman–Crippen MR) is 43.8 cm³/mol. The van der Waals surface area contributed by atoms with Crippen LogP contribution in [0.4, 0.5) is 4.39 Å². The fourth-order valence-electron chi connectivity index (χ4n) is 1.72. The van der Waals surface area contributed by atoms with Crippen molar-refractivity contribution < 1.29 is 4.39 Å². The molecule has 0 saturated heterocycles. The zero-order valence-corrected chi connectivity index (χ0v) is 6.39. The van der Waals surface area contributed by atoms with Gasteiger partial charge in [-0.05, 0) is 30.4 Å². The van der Waals surface area contributed by atoms with E-state index in [0.717, 1.165) is 12.8 Å². The molecule has 1 heteroatoms. The second kappa shape index (κ2) is 2.65. The minimum atomic E-state index is 0.0362. The molecule has 0 aromatic rings. The van der Waals surface area contributed by atoms with Crippen molar-refractivity contribution in [3.63, 3.8) is 0 Å². The van der Waals surface area contributed by atoms with Gasteiger partial charge in [-0.25, -0.2) is 4.39 Å².